The van der Waals surface area contributed by atoms with Crippen LogP contribution in [0.1, 0.15) is 0 Å². The number of aryl methyl sites for hydroxylation is 1. The summed E-state index contributed by atoms with van der Waals surface area (Å²) in [5.41, 5.74) is -0.288. The molecule has 0 aliphatic heterocycles. The van der Waals surface area contributed by atoms with Crippen LogP contribution in [0, 0.1) is 5.82 Å². The first-order valence-corrected chi connectivity index (χ1v) is 5.50. The fourth-order valence-corrected chi connectivity index (χ4v) is 1.95. The Balaban J connectivity index is 2.41. The molecule has 0 saturated heterocycles. The van der Waals surface area contributed by atoms with Gasteiger partial charge in [0.15, 0.2) is 11.2 Å². The zero-order valence-corrected chi connectivity index (χ0v) is 9.92. The second kappa shape index (κ2) is 3.91. The van der Waals surface area contributed by atoms with E-state index in [1.54, 1.807) is 7.05 Å². The molecule has 19 heavy (non-hydrogen) atoms. The molecule has 0 spiro atoms. The van der Waals surface area contributed by atoms with Gasteiger partial charge in [0.2, 0.25) is 0 Å². The van der Waals surface area contributed by atoms with Crippen LogP contribution in [0.3, 0.4) is 0 Å². The van der Waals surface area contributed by atoms with Gasteiger partial charge in [-0.05, 0) is 24.3 Å². The first kappa shape index (κ1) is 11.4. The van der Waals surface area contributed by atoms with Gasteiger partial charge in [0.1, 0.15) is 5.82 Å². The van der Waals surface area contributed by atoms with Crippen LogP contribution in [0.5, 0.6) is 0 Å². The van der Waals surface area contributed by atoms with Crippen LogP contribution < -0.4 is 11.2 Å². The van der Waals surface area contributed by atoms with E-state index < -0.39 is 17.1 Å². The van der Waals surface area contributed by atoms with Gasteiger partial charge in [0.25, 0.3) is 5.56 Å². The molecule has 0 atom stereocenters. The lowest BCUT2D eigenvalue weighted by Gasteiger charge is -2.04. The summed E-state index contributed by atoms with van der Waals surface area (Å²) in [6.45, 7) is 0. The predicted molar refractivity (Wildman–Crippen MR) is 66.9 cm³/mol. The highest BCUT2D eigenvalue weighted by atomic mass is 19.1. The molecule has 0 bridgehead atoms. The van der Waals surface area contributed by atoms with Gasteiger partial charge in [-0.25, -0.2) is 18.7 Å². The van der Waals surface area contributed by atoms with Crippen molar-refractivity contribution in [2.75, 3.05) is 0 Å². The van der Waals surface area contributed by atoms with Gasteiger partial charge in [-0.1, -0.05) is 0 Å². The van der Waals surface area contributed by atoms with E-state index >= 15 is 0 Å². The number of rotatable bonds is 1. The molecule has 6 nitrogen and oxygen atoms in total. The predicted octanol–water partition coefficient (Wildman–Crippen LogP) is 0.552. The molecule has 7 heteroatoms. The van der Waals surface area contributed by atoms with Crippen LogP contribution in [-0.4, -0.2) is 19.1 Å². The zero-order chi connectivity index (χ0) is 13.6. The number of H-pyrrole nitrogens is 1. The number of halogens is 1. The lowest BCUT2D eigenvalue weighted by molar-refractivity contribution is 0.627. The summed E-state index contributed by atoms with van der Waals surface area (Å²) >= 11 is 0. The summed E-state index contributed by atoms with van der Waals surface area (Å²) in [5.74, 6) is -0.435. The molecule has 2 aromatic heterocycles. The van der Waals surface area contributed by atoms with Crippen molar-refractivity contribution in [2.24, 2.45) is 7.05 Å². The maximum atomic E-state index is 12.9. The van der Waals surface area contributed by atoms with Crippen molar-refractivity contribution in [2.45, 2.75) is 0 Å². The maximum absolute atomic E-state index is 12.9. The standard InChI is InChI=1S/C12H9FN4O2/c1-16-6-14-10-9(16)11(18)17(12(19)15-10)8-4-2-7(13)3-5-8/h2-6H,1H3,(H,15,19). The Bertz CT molecular complexity index is 873. The van der Waals surface area contributed by atoms with Crippen LogP contribution in [0.4, 0.5) is 4.39 Å². The van der Waals surface area contributed by atoms with Gasteiger partial charge in [-0.3, -0.25) is 9.78 Å². The number of nitrogens with zero attached hydrogens (tertiary/aromatic N) is 3. The largest absolute Gasteiger partial charge is 0.334 e. The normalized spacial score (nSPS) is 11.1. The van der Waals surface area contributed by atoms with Crippen molar-refractivity contribution in [1.29, 1.82) is 0 Å². The maximum Gasteiger partial charge on any atom is 0.334 e. The number of aromatic nitrogens is 4. The molecule has 3 rings (SSSR count). The highest BCUT2D eigenvalue weighted by molar-refractivity contribution is 5.69. The molecular weight excluding hydrogens is 251 g/mol. The van der Waals surface area contributed by atoms with Gasteiger partial charge >= 0.3 is 5.69 Å². The van der Waals surface area contributed by atoms with Gasteiger partial charge in [0.05, 0.1) is 12.0 Å². The molecule has 0 radical (unpaired) electrons. The van der Waals surface area contributed by atoms with Gasteiger partial charge in [0, 0.05) is 7.05 Å². The van der Waals surface area contributed by atoms with Crippen molar-refractivity contribution < 1.29 is 4.39 Å². The average Bonchev–Trinajstić information content (AvgIpc) is 2.73. The summed E-state index contributed by atoms with van der Waals surface area (Å²) in [4.78, 5) is 30.7. The molecule has 0 aliphatic rings. The summed E-state index contributed by atoms with van der Waals surface area (Å²) in [6, 6.07) is 5.12. The van der Waals surface area contributed by atoms with Gasteiger partial charge in [-0.15, -0.1) is 0 Å². The third-order valence-electron chi connectivity index (χ3n) is 2.86. The highest BCUT2D eigenvalue weighted by Crippen LogP contribution is 2.06. The highest BCUT2D eigenvalue weighted by Gasteiger charge is 2.12. The van der Waals surface area contributed by atoms with Crippen LogP contribution in [0.2, 0.25) is 0 Å². The van der Waals surface area contributed by atoms with E-state index in [2.05, 4.69) is 9.97 Å². The molecule has 0 fully saturated rings. The minimum absolute atomic E-state index is 0.232. The molecule has 1 N–H and O–H groups in total. The number of nitrogens with one attached hydrogen (secondary N) is 1. The van der Waals surface area contributed by atoms with Gasteiger partial charge in [-0.2, -0.15) is 0 Å². The van der Waals surface area contributed by atoms with E-state index in [0.29, 0.717) is 5.69 Å². The Kier molecular flexibility index (Phi) is 2.34. The van der Waals surface area contributed by atoms with E-state index in [0.717, 1.165) is 4.57 Å². The minimum atomic E-state index is -0.609. The Morgan fingerprint density at radius 1 is 1.21 bits per heavy atom. The summed E-state index contributed by atoms with van der Waals surface area (Å²) in [7, 11) is 1.66. The Morgan fingerprint density at radius 2 is 1.89 bits per heavy atom. The number of hydrogen-bond donors (Lipinski definition) is 1. The third kappa shape index (κ3) is 1.67. The van der Waals surface area contributed by atoms with Crippen molar-refractivity contribution in [1.82, 2.24) is 19.1 Å². The van der Waals surface area contributed by atoms with E-state index in [9.17, 15) is 14.0 Å². The van der Waals surface area contributed by atoms with Crippen molar-refractivity contribution >= 4 is 11.2 Å². The first-order valence-electron chi connectivity index (χ1n) is 5.50. The SMILES string of the molecule is Cn1cnc2[nH]c(=O)n(-c3ccc(F)cc3)c(=O)c21. The quantitative estimate of drug-likeness (QED) is 0.694. The number of imidazole rings is 1. The smallest absolute Gasteiger partial charge is 0.328 e. The van der Waals surface area contributed by atoms with E-state index in [-0.39, 0.29) is 11.2 Å². The summed E-state index contributed by atoms with van der Waals surface area (Å²) in [5, 5.41) is 0. The number of benzene rings is 1. The third-order valence-corrected chi connectivity index (χ3v) is 2.86. The fraction of sp³-hybridized carbons (Fsp3) is 0.0833. The molecule has 0 unspecified atom stereocenters. The second-order valence-electron chi connectivity index (χ2n) is 4.10. The molecule has 96 valence electrons. The lowest BCUT2D eigenvalue weighted by atomic mass is 10.3. The molecule has 0 amide bonds. The van der Waals surface area contributed by atoms with E-state index in [1.807, 2.05) is 0 Å². The number of fused-ring (bicyclic) bond motifs is 1. The van der Waals surface area contributed by atoms with E-state index in [4.69, 9.17) is 0 Å². The molecule has 0 saturated carbocycles. The molecular formula is C12H9FN4O2. The second-order valence-corrected chi connectivity index (χ2v) is 4.10. The molecule has 0 aliphatic carbocycles. The fourth-order valence-electron chi connectivity index (χ4n) is 1.95. The van der Waals surface area contributed by atoms with Gasteiger partial charge < -0.3 is 4.57 Å². The molecule has 3 aromatic rings. The van der Waals surface area contributed by atoms with E-state index in [1.165, 1.54) is 35.2 Å². The Morgan fingerprint density at radius 3 is 2.58 bits per heavy atom. The number of hydrogen-bond acceptors (Lipinski definition) is 3. The monoisotopic (exact) mass is 260 g/mol. The van der Waals surface area contributed by atoms with Crippen LogP contribution in [0.15, 0.2) is 40.2 Å². The Hall–Kier alpha value is -2.70. The van der Waals surface area contributed by atoms with Crippen molar-refractivity contribution in [3.63, 3.8) is 0 Å². The first-order chi connectivity index (χ1) is 9.08. The summed E-state index contributed by atoms with van der Waals surface area (Å²) in [6.07, 6.45) is 1.44. The topological polar surface area (TPSA) is 72.7 Å². The number of aromatic amines is 1. The van der Waals surface area contributed by atoms with Crippen LogP contribution >= 0.6 is 0 Å². The van der Waals surface area contributed by atoms with Crippen molar-refractivity contribution in [3.8, 4) is 5.69 Å². The average molecular weight is 260 g/mol. The van der Waals surface area contributed by atoms with Crippen LogP contribution in [-0.2, 0) is 7.05 Å². The summed E-state index contributed by atoms with van der Waals surface area (Å²) < 4.78 is 15.4. The van der Waals surface area contributed by atoms with Crippen LogP contribution in [0.25, 0.3) is 16.9 Å². The molecule has 2 heterocycles. The Labute approximate surface area is 105 Å². The van der Waals surface area contributed by atoms with Crippen molar-refractivity contribution in [3.05, 3.63) is 57.2 Å². The minimum Gasteiger partial charge on any atom is -0.328 e. The lowest BCUT2D eigenvalue weighted by Crippen LogP contribution is -2.34. The zero-order valence-electron chi connectivity index (χ0n) is 9.92. The molecule has 1 aromatic carbocycles.